The fourth-order valence-corrected chi connectivity index (χ4v) is 3.31. The number of rotatable bonds is 5. The van der Waals surface area contributed by atoms with Crippen LogP contribution in [0.1, 0.15) is 75.7 Å². The maximum atomic E-state index is 12.5. The number of hydrogen-bond donors (Lipinski definition) is 0. The SMILES string of the molecule is C/C=C\C(=C(C)C)c1ccc(C(=O)OC2(CC)CCCC2)cc1. The highest BCUT2D eigenvalue weighted by atomic mass is 16.6. The summed E-state index contributed by atoms with van der Waals surface area (Å²) >= 11 is 0. The molecule has 2 rings (SSSR count). The third kappa shape index (κ3) is 4.13. The largest absolute Gasteiger partial charge is 0.455 e. The van der Waals surface area contributed by atoms with Crippen LogP contribution in [0.2, 0.25) is 0 Å². The van der Waals surface area contributed by atoms with Crippen molar-refractivity contribution in [2.75, 3.05) is 0 Å². The summed E-state index contributed by atoms with van der Waals surface area (Å²) in [5, 5.41) is 0. The average molecular weight is 312 g/mol. The monoisotopic (exact) mass is 312 g/mol. The standard InChI is InChI=1S/C21H28O2/c1-5-9-19(16(3)4)17-10-12-18(13-11-17)20(22)23-21(6-2)14-7-8-15-21/h5,9-13H,6-8,14-15H2,1-4H3/b9-5-. The van der Waals surface area contributed by atoms with Crippen LogP contribution in [0.4, 0.5) is 0 Å². The topological polar surface area (TPSA) is 26.3 Å². The smallest absolute Gasteiger partial charge is 0.338 e. The minimum atomic E-state index is -0.230. The number of hydrogen-bond acceptors (Lipinski definition) is 2. The normalized spacial score (nSPS) is 16.5. The van der Waals surface area contributed by atoms with Gasteiger partial charge < -0.3 is 4.74 Å². The highest BCUT2D eigenvalue weighted by Crippen LogP contribution is 2.36. The van der Waals surface area contributed by atoms with E-state index in [2.05, 4.69) is 26.8 Å². The molecular formula is C21H28O2. The van der Waals surface area contributed by atoms with Crippen LogP contribution in [-0.4, -0.2) is 11.6 Å². The van der Waals surface area contributed by atoms with Crippen molar-refractivity contribution < 1.29 is 9.53 Å². The molecule has 1 aliphatic carbocycles. The van der Waals surface area contributed by atoms with Gasteiger partial charge in [0, 0.05) is 0 Å². The summed E-state index contributed by atoms with van der Waals surface area (Å²) in [6.07, 6.45) is 9.36. The van der Waals surface area contributed by atoms with E-state index in [1.165, 1.54) is 11.1 Å². The van der Waals surface area contributed by atoms with Gasteiger partial charge in [0.1, 0.15) is 5.60 Å². The van der Waals surface area contributed by atoms with Crippen molar-refractivity contribution in [3.05, 3.63) is 53.1 Å². The third-order valence-corrected chi connectivity index (χ3v) is 4.77. The average Bonchev–Trinajstić information content (AvgIpc) is 3.01. The maximum Gasteiger partial charge on any atom is 0.338 e. The van der Waals surface area contributed by atoms with Gasteiger partial charge in [-0.2, -0.15) is 0 Å². The quantitative estimate of drug-likeness (QED) is 0.497. The summed E-state index contributed by atoms with van der Waals surface area (Å²) < 4.78 is 5.86. The molecule has 1 aromatic rings. The number of carbonyl (C=O) groups excluding carboxylic acids is 1. The van der Waals surface area contributed by atoms with Gasteiger partial charge >= 0.3 is 5.97 Å². The van der Waals surface area contributed by atoms with Crippen molar-refractivity contribution in [2.45, 2.75) is 65.4 Å². The Morgan fingerprint density at radius 2 is 1.70 bits per heavy atom. The second-order valence-electron chi connectivity index (χ2n) is 6.62. The molecule has 1 fully saturated rings. The number of allylic oxidation sites excluding steroid dienone is 4. The van der Waals surface area contributed by atoms with E-state index < -0.39 is 0 Å². The first kappa shape index (κ1) is 17.5. The second-order valence-corrected chi connectivity index (χ2v) is 6.62. The molecule has 0 heterocycles. The van der Waals surface area contributed by atoms with Crippen LogP contribution < -0.4 is 0 Å². The van der Waals surface area contributed by atoms with Crippen LogP contribution in [0.15, 0.2) is 42.0 Å². The molecule has 0 amide bonds. The van der Waals surface area contributed by atoms with Crippen LogP contribution in [0.25, 0.3) is 5.57 Å². The molecule has 0 aliphatic heterocycles. The number of benzene rings is 1. The molecule has 0 spiro atoms. The predicted octanol–water partition coefficient (Wildman–Crippen LogP) is 5.94. The lowest BCUT2D eigenvalue weighted by Gasteiger charge is -2.27. The molecule has 0 unspecified atom stereocenters. The Hall–Kier alpha value is -1.83. The highest BCUT2D eigenvalue weighted by molar-refractivity contribution is 5.90. The van der Waals surface area contributed by atoms with Crippen LogP contribution in [0.5, 0.6) is 0 Å². The predicted molar refractivity (Wildman–Crippen MR) is 96.4 cm³/mol. The molecule has 0 saturated heterocycles. The fraction of sp³-hybridized carbons (Fsp3) is 0.476. The van der Waals surface area contributed by atoms with Gasteiger partial charge in [0.2, 0.25) is 0 Å². The number of carbonyl (C=O) groups is 1. The number of esters is 1. The summed E-state index contributed by atoms with van der Waals surface area (Å²) in [7, 11) is 0. The molecule has 2 nitrogen and oxygen atoms in total. The maximum absolute atomic E-state index is 12.5. The summed E-state index contributed by atoms with van der Waals surface area (Å²) in [6, 6.07) is 7.77. The Balaban J connectivity index is 2.16. The molecule has 1 aromatic carbocycles. The van der Waals surface area contributed by atoms with Crippen LogP contribution >= 0.6 is 0 Å². The molecule has 124 valence electrons. The van der Waals surface area contributed by atoms with E-state index >= 15 is 0 Å². The lowest BCUT2D eigenvalue weighted by Crippen LogP contribution is -2.31. The van der Waals surface area contributed by atoms with E-state index in [1.807, 2.05) is 37.3 Å². The molecule has 0 aromatic heterocycles. The van der Waals surface area contributed by atoms with Crippen molar-refractivity contribution in [3.8, 4) is 0 Å². The van der Waals surface area contributed by atoms with Gasteiger partial charge in [-0.1, -0.05) is 36.8 Å². The first-order chi connectivity index (χ1) is 11.0. The molecule has 2 heteroatoms. The zero-order valence-corrected chi connectivity index (χ0v) is 14.8. The first-order valence-electron chi connectivity index (χ1n) is 8.65. The Kier molecular flexibility index (Phi) is 5.81. The van der Waals surface area contributed by atoms with E-state index in [0.717, 1.165) is 37.7 Å². The van der Waals surface area contributed by atoms with E-state index in [4.69, 9.17) is 4.74 Å². The van der Waals surface area contributed by atoms with Crippen molar-refractivity contribution in [1.82, 2.24) is 0 Å². The van der Waals surface area contributed by atoms with E-state index in [1.54, 1.807) is 0 Å². The van der Waals surface area contributed by atoms with Gasteiger partial charge in [0.05, 0.1) is 5.56 Å². The Bertz CT molecular complexity index is 595. The summed E-state index contributed by atoms with van der Waals surface area (Å²) in [4.78, 5) is 12.5. The number of ether oxygens (including phenoxy) is 1. The fourth-order valence-electron chi connectivity index (χ4n) is 3.31. The molecule has 0 radical (unpaired) electrons. The van der Waals surface area contributed by atoms with E-state index in [9.17, 15) is 4.79 Å². The zero-order valence-electron chi connectivity index (χ0n) is 14.8. The molecule has 1 saturated carbocycles. The van der Waals surface area contributed by atoms with Crippen molar-refractivity contribution >= 4 is 11.5 Å². The van der Waals surface area contributed by atoms with E-state index in [-0.39, 0.29) is 11.6 Å². The zero-order chi connectivity index (χ0) is 16.9. The molecule has 0 atom stereocenters. The Morgan fingerprint density at radius 3 is 2.17 bits per heavy atom. The molecule has 0 N–H and O–H groups in total. The second kappa shape index (κ2) is 7.63. The summed E-state index contributed by atoms with van der Waals surface area (Å²) in [5.74, 6) is -0.190. The Morgan fingerprint density at radius 1 is 1.13 bits per heavy atom. The van der Waals surface area contributed by atoms with Crippen LogP contribution in [0.3, 0.4) is 0 Å². The van der Waals surface area contributed by atoms with Gasteiger partial charge in [0.15, 0.2) is 0 Å². The van der Waals surface area contributed by atoms with Gasteiger partial charge in [-0.15, -0.1) is 0 Å². The van der Waals surface area contributed by atoms with Gasteiger partial charge in [-0.25, -0.2) is 4.79 Å². The molecule has 1 aliphatic rings. The summed E-state index contributed by atoms with van der Waals surface area (Å²) in [5.41, 5.74) is 4.00. The first-order valence-corrected chi connectivity index (χ1v) is 8.65. The van der Waals surface area contributed by atoms with Gasteiger partial charge in [-0.05, 0) is 76.1 Å². The van der Waals surface area contributed by atoms with Crippen LogP contribution in [0, 0.1) is 0 Å². The van der Waals surface area contributed by atoms with Crippen LogP contribution in [-0.2, 0) is 4.74 Å². The minimum Gasteiger partial charge on any atom is -0.455 e. The van der Waals surface area contributed by atoms with Gasteiger partial charge in [-0.3, -0.25) is 0 Å². The molecule has 23 heavy (non-hydrogen) atoms. The van der Waals surface area contributed by atoms with Gasteiger partial charge in [0.25, 0.3) is 0 Å². The Labute approximate surface area is 140 Å². The van der Waals surface area contributed by atoms with E-state index in [0.29, 0.717) is 5.56 Å². The summed E-state index contributed by atoms with van der Waals surface area (Å²) in [6.45, 7) is 8.32. The van der Waals surface area contributed by atoms with Crippen molar-refractivity contribution in [2.24, 2.45) is 0 Å². The minimum absolute atomic E-state index is 0.190. The van der Waals surface area contributed by atoms with Crippen molar-refractivity contribution in [1.29, 1.82) is 0 Å². The lowest BCUT2D eigenvalue weighted by atomic mass is 9.98. The highest BCUT2D eigenvalue weighted by Gasteiger charge is 2.36. The van der Waals surface area contributed by atoms with Crippen molar-refractivity contribution in [3.63, 3.8) is 0 Å². The third-order valence-electron chi connectivity index (χ3n) is 4.77. The molecule has 0 bridgehead atoms. The lowest BCUT2D eigenvalue weighted by molar-refractivity contribution is -0.0172. The molecular weight excluding hydrogens is 284 g/mol.